The molecule has 5 heteroatoms. The normalized spacial score (nSPS) is 26.3. The van der Waals surface area contributed by atoms with Gasteiger partial charge in [-0.25, -0.2) is 4.79 Å². The van der Waals surface area contributed by atoms with Gasteiger partial charge in [0.1, 0.15) is 0 Å². The van der Waals surface area contributed by atoms with Gasteiger partial charge >= 0.3 is 6.03 Å². The standard InChI is InChI=1S/C13H15ClN2O2/c14-10-3-1-9(2-4-10)5-11-6-15-13(17)16(11)7-12-8-18-12/h1-4,11-12H,5-8H2,(H,15,17). The largest absolute Gasteiger partial charge is 0.371 e. The molecule has 0 spiro atoms. The van der Waals surface area contributed by atoms with Crippen LogP contribution in [0.2, 0.25) is 5.02 Å². The van der Waals surface area contributed by atoms with Gasteiger partial charge < -0.3 is 15.0 Å². The maximum Gasteiger partial charge on any atom is 0.317 e. The number of amides is 2. The van der Waals surface area contributed by atoms with E-state index in [2.05, 4.69) is 5.32 Å². The van der Waals surface area contributed by atoms with E-state index < -0.39 is 0 Å². The number of carbonyl (C=O) groups is 1. The number of rotatable bonds is 4. The second-order valence-electron chi connectivity index (χ2n) is 4.78. The molecule has 1 aromatic rings. The Morgan fingerprint density at radius 2 is 2.11 bits per heavy atom. The van der Waals surface area contributed by atoms with Crippen LogP contribution in [0.5, 0.6) is 0 Å². The van der Waals surface area contributed by atoms with Crippen molar-refractivity contribution in [3.63, 3.8) is 0 Å². The molecule has 2 heterocycles. The quantitative estimate of drug-likeness (QED) is 0.843. The van der Waals surface area contributed by atoms with Crippen LogP contribution in [0.3, 0.4) is 0 Å². The zero-order valence-corrected chi connectivity index (χ0v) is 10.7. The first-order valence-electron chi connectivity index (χ1n) is 6.13. The summed E-state index contributed by atoms with van der Waals surface area (Å²) in [5.41, 5.74) is 1.20. The number of epoxide rings is 1. The Labute approximate surface area is 111 Å². The molecule has 0 radical (unpaired) electrons. The average molecular weight is 267 g/mol. The third-order valence-corrected chi connectivity index (χ3v) is 3.63. The molecule has 2 fully saturated rings. The van der Waals surface area contributed by atoms with E-state index in [1.54, 1.807) is 0 Å². The molecule has 0 saturated carbocycles. The maximum absolute atomic E-state index is 11.7. The van der Waals surface area contributed by atoms with E-state index in [9.17, 15) is 4.79 Å². The van der Waals surface area contributed by atoms with Gasteiger partial charge in [-0.05, 0) is 24.1 Å². The van der Waals surface area contributed by atoms with Crippen LogP contribution in [0.25, 0.3) is 0 Å². The van der Waals surface area contributed by atoms with Crippen LogP contribution in [0.4, 0.5) is 4.79 Å². The molecule has 1 aromatic carbocycles. The fourth-order valence-corrected chi connectivity index (χ4v) is 2.41. The van der Waals surface area contributed by atoms with E-state index in [0.717, 1.165) is 18.1 Å². The molecule has 1 N–H and O–H groups in total. The number of benzene rings is 1. The minimum atomic E-state index is 0.0180. The van der Waals surface area contributed by atoms with Gasteiger partial charge in [0.2, 0.25) is 0 Å². The predicted molar refractivity (Wildman–Crippen MR) is 68.8 cm³/mol. The zero-order valence-electron chi connectivity index (χ0n) is 9.93. The number of hydrogen-bond acceptors (Lipinski definition) is 2. The molecule has 2 saturated heterocycles. The van der Waals surface area contributed by atoms with Crippen molar-refractivity contribution in [1.29, 1.82) is 0 Å². The summed E-state index contributed by atoms with van der Waals surface area (Å²) in [5, 5.41) is 3.63. The van der Waals surface area contributed by atoms with E-state index in [-0.39, 0.29) is 18.2 Å². The lowest BCUT2D eigenvalue weighted by Gasteiger charge is -2.22. The molecule has 3 rings (SSSR count). The predicted octanol–water partition coefficient (Wildman–Crippen LogP) is 1.68. The van der Waals surface area contributed by atoms with Crippen molar-refractivity contribution in [2.75, 3.05) is 19.7 Å². The van der Waals surface area contributed by atoms with E-state index in [1.807, 2.05) is 29.2 Å². The van der Waals surface area contributed by atoms with Crippen LogP contribution < -0.4 is 5.32 Å². The van der Waals surface area contributed by atoms with Crippen molar-refractivity contribution in [2.24, 2.45) is 0 Å². The highest BCUT2D eigenvalue weighted by Gasteiger charge is 2.35. The summed E-state index contributed by atoms with van der Waals surface area (Å²) >= 11 is 5.86. The van der Waals surface area contributed by atoms with Crippen LogP contribution in [0.15, 0.2) is 24.3 Å². The summed E-state index contributed by atoms with van der Waals surface area (Å²) in [6.07, 6.45) is 1.09. The molecule has 2 atom stereocenters. The highest BCUT2D eigenvalue weighted by atomic mass is 35.5. The second kappa shape index (κ2) is 4.78. The van der Waals surface area contributed by atoms with E-state index in [4.69, 9.17) is 16.3 Å². The van der Waals surface area contributed by atoms with E-state index in [1.165, 1.54) is 5.56 Å². The number of ether oxygens (including phenoxy) is 1. The topological polar surface area (TPSA) is 44.9 Å². The van der Waals surface area contributed by atoms with Gasteiger partial charge in [0, 0.05) is 11.6 Å². The molecule has 18 heavy (non-hydrogen) atoms. The van der Waals surface area contributed by atoms with Crippen molar-refractivity contribution < 1.29 is 9.53 Å². The molecule has 0 bridgehead atoms. The Bertz CT molecular complexity index is 445. The third kappa shape index (κ3) is 2.60. The molecule has 0 aromatic heterocycles. The minimum Gasteiger partial charge on any atom is -0.371 e. The smallest absolute Gasteiger partial charge is 0.317 e. The molecule has 2 aliphatic heterocycles. The first-order valence-corrected chi connectivity index (χ1v) is 6.50. The number of halogens is 1. The van der Waals surface area contributed by atoms with Crippen molar-refractivity contribution in [3.8, 4) is 0 Å². The average Bonchev–Trinajstić information content (AvgIpc) is 3.12. The van der Waals surface area contributed by atoms with Crippen LogP contribution in [-0.2, 0) is 11.2 Å². The van der Waals surface area contributed by atoms with Gasteiger partial charge in [0.15, 0.2) is 0 Å². The lowest BCUT2D eigenvalue weighted by atomic mass is 10.1. The summed E-state index contributed by atoms with van der Waals surface area (Å²) in [6.45, 7) is 2.18. The van der Waals surface area contributed by atoms with Gasteiger partial charge in [0.05, 0.1) is 25.3 Å². The lowest BCUT2D eigenvalue weighted by Crippen LogP contribution is -2.38. The number of nitrogens with zero attached hydrogens (tertiary/aromatic N) is 1. The van der Waals surface area contributed by atoms with Crippen molar-refractivity contribution in [1.82, 2.24) is 10.2 Å². The molecule has 4 nitrogen and oxygen atoms in total. The lowest BCUT2D eigenvalue weighted by molar-refractivity contribution is 0.196. The summed E-state index contributed by atoms with van der Waals surface area (Å²) in [7, 11) is 0. The Morgan fingerprint density at radius 1 is 1.39 bits per heavy atom. The Kier molecular flexibility index (Phi) is 3.14. The van der Waals surface area contributed by atoms with Crippen molar-refractivity contribution >= 4 is 17.6 Å². The van der Waals surface area contributed by atoms with Crippen LogP contribution in [-0.4, -0.2) is 42.8 Å². The third-order valence-electron chi connectivity index (χ3n) is 3.38. The second-order valence-corrected chi connectivity index (χ2v) is 5.21. The number of urea groups is 1. The van der Waals surface area contributed by atoms with Crippen LogP contribution >= 0.6 is 11.6 Å². The summed E-state index contributed by atoms with van der Waals surface area (Å²) < 4.78 is 5.19. The Hall–Kier alpha value is -1.26. The van der Waals surface area contributed by atoms with E-state index in [0.29, 0.717) is 13.1 Å². The van der Waals surface area contributed by atoms with Crippen LogP contribution in [0, 0.1) is 0 Å². The van der Waals surface area contributed by atoms with Gasteiger partial charge in [-0.1, -0.05) is 23.7 Å². The summed E-state index contributed by atoms with van der Waals surface area (Å²) in [4.78, 5) is 13.6. The SMILES string of the molecule is O=C1NCC(Cc2ccc(Cl)cc2)N1CC1CO1. The van der Waals surface area contributed by atoms with Gasteiger partial charge in [-0.3, -0.25) is 0 Å². The first kappa shape index (κ1) is 11.8. The number of hydrogen-bond donors (Lipinski definition) is 1. The Morgan fingerprint density at radius 3 is 2.78 bits per heavy atom. The molecular weight excluding hydrogens is 252 g/mol. The van der Waals surface area contributed by atoms with Gasteiger partial charge in [-0.2, -0.15) is 0 Å². The maximum atomic E-state index is 11.7. The zero-order chi connectivity index (χ0) is 12.5. The van der Waals surface area contributed by atoms with Crippen molar-refractivity contribution in [3.05, 3.63) is 34.9 Å². The van der Waals surface area contributed by atoms with Gasteiger partial charge in [0.25, 0.3) is 0 Å². The molecule has 2 aliphatic rings. The molecule has 2 unspecified atom stereocenters. The fourth-order valence-electron chi connectivity index (χ4n) is 2.28. The van der Waals surface area contributed by atoms with Crippen molar-refractivity contribution in [2.45, 2.75) is 18.6 Å². The van der Waals surface area contributed by atoms with E-state index >= 15 is 0 Å². The number of carbonyl (C=O) groups excluding carboxylic acids is 1. The summed E-state index contributed by atoms with van der Waals surface area (Å²) in [6, 6.07) is 8.02. The highest BCUT2D eigenvalue weighted by molar-refractivity contribution is 6.30. The molecule has 2 amide bonds. The monoisotopic (exact) mass is 266 g/mol. The fraction of sp³-hybridized carbons (Fsp3) is 0.462. The molecule has 0 aliphatic carbocycles. The Balaban J connectivity index is 1.66. The minimum absolute atomic E-state index is 0.0180. The van der Waals surface area contributed by atoms with Gasteiger partial charge in [-0.15, -0.1) is 0 Å². The molecular formula is C13H15ClN2O2. The number of nitrogens with one attached hydrogen (secondary N) is 1. The molecule has 96 valence electrons. The first-order chi connectivity index (χ1) is 8.72. The summed E-state index contributed by atoms with van der Waals surface area (Å²) in [5.74, 6) is 0. The van der Waals surface area contributed by atoms with Crippen LogP contribution in [0.1, 0.15) is 5.56 Å². The highest BCUT2D eigenvalue weighted by Crippen LogP contribution is 2.19.